The van der Waals surface area contributed by atoms with Gasteiger partial charge in [0.2, 0.25) is 5.91 Å². The first-order valence-corrected chi connectivity index (χ1v) is 14.6. The first-order valence-electron chi connectivity index (χ1n) is 13.8. The highest BCUT2D eigenvalue weighted by atomic mass is 35.5. The summed E-state index contributed by atoms with van der Waals surface area (Å²) in [6, 6.07) is 14.8. The second-order valence-electron chi connectivity index (χ2n) is 10.5. The van der Waals surface area contributed by atoms with Gasteiger partial charge in [-0.15, -0.1) is 15.3 Å². The van der Waals surface area contributed by atoms with E-state index in [0.717, 1.165) is 23.5 Å². The number of fused-ring (bicyclic) bond motifs is 1. The third-order valence-electron chi connectivity index (χ3n) is 8.11. The average Bonchev–Trinajstić information content (AvgIpc) is 3.65. The SMILES string of the molecule is COC(=O)N1CCN(C(=O)[C@@H]2CN(c3ccc4nncn4n3)C[C@H]2c2ccc(Cl)cn2)CCC[C@@H]1c1ccc(Cl)cc1. The molecular weight excluding hydrogens is 579 g/mol. The topological polar surface area (TPSA) is 109 Å². The molecule has 5 heterocycles. The van der Waals surface area contributed by atoms with Crippen molar-refractivity contribution in [3.8, 4) is 0 Å². The highest BCUT2D eigenvalue weighted by molar-refractivity contribution is 6.30. The minimum atomic E-state index is -0.421. The lowest BCUT2D eigenvalue weighted by Gasteiger charge is -2.37. The molecule has 218 valence electrons. The molecule has 2 aliphatic rings. The van der Waals surface area contributed by atoms with Crippen molar-refractivity contribution in [3.63, 3.8) is 0 Å². The zero-order valence-corrected chi connectivity index (χ0v) is 24.5. The van der Waals surface area contributed by atoms with E-state index < -0.39 is 6.09 Å². The number of benzene rings is 1. The van der Waals surface area contributed by atoms with E-state index in [4.69, 9.17) is 27.9 Å². The number of rotatable bonds is 4. The largest absolute Gasteiger partial charge is 0.453 e. The predicted molar refractivity (Wildman–Crippen MR) is 158 cm³/mol. The van der Waals surface area contributed by atoms with Crippen LogP contribution in [0.2, 0.25) is 10.0 Å². The molecule has 2 fully saturated rings. The second kappa shape index (κ2) is 12.1. The van der Waals surface area contributed by atoms with Gasteiger partial charge in [-0.3, -0.25) is 14.7 Å². The lowest BCUT2D eigenvalue weighted by molar-refractivity contribution is -0.136. The number of halogens is 2. The van der Waals surface area contributed by atoms with Gasteiger partial charge in [-0.05, 0) is 54.8 Å². The molecule has 0 spiro atoms. The second-order valence-corrected chi connectivity index (χ2v) is 11.4. The van der Waals surface area contributed by atoms with Gasteiger partial charge in [-0.25, -0.2) is 4.79 Å². The van der Waals surface area contributed by atoms with Crippen LogP contribution in [0.4, 0.5) is 10.6 Å². The van der Waals surface area contributed by atoms with E-state index in [1.807, 2.05) is 47.4 Å². The molecule has 2 amide bonds. The molecule has 0 unspecified atom stereocenters. The van der Waals surface area contributed by atoms with E-state index in [1.165, 1.54) is 7.11 Å². The van der Waals surface area contributed by atoms with Crippen LogP contribution in [-0.4, -0.2) is 86.4 Å². The van der Waals surface area contributed by atoms with Gasteiger partial charge in [-0.1, -0.05) is 35.3 Å². The van der Waals surface area contributed by atoms with Gasteiger partial charge in [-0.2, -0.15) is 4.52 Å². The Morgan fingerprint density at radius 2 is 1.76 bits per heavy atom. The van der Waals surface area contributed by atoms with E-state index in [0.29, 0.717) is 54.8 Å². The number of amides is 2. The summed E-state index contributed by atoms with van der Waals surface area (Å²) in [6.07, 6.45) is 4.15. The van der Waals surface area contributed by atoms with Crippen LogP contribution in [0.1, 0.15) is 36.1 Å². The molecule has 0 bridgehead atoms. The van der Waals surface area contributed by atoms with Crippen LogP contribution in [0, 0.1) is 5.92 Å². The third kappa shape index (κ3) is 5.71. The summed E-state index contributed by atoms with van der Waals surface area (Å²) in [4.78, 5) is 37.4. The van der Waals surface area contributed by atoms with E-state index in [2.05, 4.69) is 25.2 Å². The fraction of sp³-hybridized carbons (Fsp3) is 0.379. The standard InChI is InChI=1S/C29H30Cl2N8O3/c1-42-29(41)38-14-13-36(12-2-3-25(38)19-4-6-20(30)7-5-19)28(40)23-17-37(16-22(23)24-9-8-21(31)15-32-24)27-11-10-26-34-33-18-39(26)35-27/h4-11,15,18,22-23,25H,2-3,12-14,16-17H2,1H3/t22-,23-,25-/m1/s1. The Morgan fingerprint density at radius 3 is 2.52 bits per heavy atom. The maximum Gasteiger partial charge on any atom is 0.410 e. The molecule has 3 atom stereocenters. The number of anilines is 1. The van der Waals surface area contributed by atoms with Crippen molar-refractivity contribution in [3.05, 3.63) is 82.4 Å². The van der Waals surface area contributed by atoms with Gasteiger partial charge in [0.1, 0.15) is 12.1 Å². The summed E-state index contributed by atoms with van der Waals surface area (Å²) in [5, 5.41) is 13.8. The Balaban J connectivity index is 1.25. The van der Waals surface area contributed by atoms with E-state index in [1.54, 1.807) is 28.0 Å². The Bertz CT molecular complexity index is 1570. The Labute approximate surface area is 253 Å². The molecule has 0 N–H and O–H groups in total. The molecule has 13 heteroatoms. The van der Waals surface area contributed by atoms with E-state index in [-0.39, 0.29) is 23.8 Å². The zero-order chi connectivity index (χ0) is 29.2. The number of pyridine rings is 1. The van der Waals surface area contributed by atoms with E-state index in [9.17, 15) is 9.59 Å². The smallest absolute Gasteiger partial charge is 0.410 e. The minimum Gasteiger partial charge on any atom is -0.453 e. The lowest BCUT2D eigenvalue weighted by Crippen LogP contribution is -2.47. The monoisotopic (exact) mass is 608 g/mol. The molecule has 2 aliphatic heterocycles. The molecule has 0 radical (unpaired) electrons. The van der Waals surface area contributed by atoms with Crippen molar-refractivity contribution >= 4 is 46.7 Å². The molecule has 0 aliphatic carbocycles. The number of methoxy groups -OCH3 is 1. The van der Waals surface area contributed by atoms with Crippen LogP contribution < -0.4 is 4.90 Å². The van der Waals surface area contributed by atoms with Crippen molar-refractivity contribution < 1.29 is 14.3 Å². The normalized spacial score (nSPS) is 21.3. The van der Waals surface area contributed by atoms with Gasteiger partial charge >= 0.3 is 6.09 Å². The maximum absolute atomic E-state index is 14.2. The summed E-state index contributed by atoms with van der Waals surface area (Å²) in [7, 11) is 1.38. The highest BCUT2D eigenvalue weighted by Gasteiger charge is 2.42. The van der Waals surface area contributed by atoms with Gasteiger partial charge in [0.05, 0.1) is 24.1 Å². The molecule has 1 aromatic carbocycles. The molecule has 2 saturated heterocycles. The number of aromatic nitrogens is 5. The molecule has 0 saturated carbocycles. The summed E-state index contributed by atoms with van der Waals surface area (Å²) in [6.45, 7) is 2.35. The summed E-state index contributed by atoms with van der Waals surface area (Å²) >= 11 is 12.2. The molecular formula is C29H30Cl2N8O3. The number of nitrogens with zero attached hydrogens (tertiary/aromatic N) is 8. The Morgan fingerprint density at radius 1 is 0.952 bits per heavy atom. The third-order valence-corrected chi connectivity index (χ3v) is 8.58. The van der Waals surface area contributed by atoms with Crippen molar-refractivity contribution in [1.82, 2.24) is 34.6 Å². The number of ether oxygens (including phenoxy) is 1. The lowest BCUT2D eigenvalue weighted by atomic mass is 9.90. The van der Waals surface area contributed by atoms with Crippen molar-refractivity contribution in [2.45, 2.75) is 24.8 Å². The maximum atomic E-state index is 14.2. The van der Waals surface area contributed by atoms with Gasteiger partial charge in [0, 0.05) is 55.6 Å². The molecule has 11 nitrogen and oxygen atoms in total. The number of carbonyl (C=O) groups is 2. The zero-order valence-electron chi connectivity index (χ0n) is 23.0. The van der Waals surface area contributed by atoms with Gasteiger partial charge in [0.15, 0.2) is 5.65 Å². The fourth-order valence-corrected chi connectivity index (χ4v) is 6.22. The average molecular weight is 610 g/mol. The predicted octanol–water partition coefficient (Wildman–Crippen LogP) is 4.48. The van der Waals surface area contributed by atoms with Crippen molar-refractivity contribution in [2.75, 3.05) is 44.7 Å². The van der Waals surface area contributed by atoms with Crippen LogP contribution in [-0.2, 0) is 9.53 Å². The Kier molecular flexibility index (Phi) is 8.12. The molecule has 6 rings (SSSR count). The van der Waals surface area contributed by atoms with Crippen LogP contribution in [0.3, 0.4) is 0 Å². The summed E-state index contributed by atoms with van der Waals surface area (Å²) in [5.74, 6) is 0.221. The highest BCUT2D eigenvalue weighted by Crippen LogP contribution is 2.36. The van der Waals surface area contributed by atoms with Crippen molar-refractivity contribution in [1.29, 1.82) is 0 Å². The minimum absolute atomic E-state index is 0.0272. The van der Waals surface area contributed by atoms with Crippen LogP contribution >= 0.6 is 23.2 Å². The Hall–Kier alpha value is -3.96. The quantitative estimate of drug-likeness (QED) is 0.334. The molecule has 3 aromatic heterocycles. The molecule has 4 aromatic rings. The summed E-state index contributed by atoms with van der Waals surface area (Å²) < 4.78 is 6.77. The number of hydrogen-bond acceptors (Lipinski definition) is 8. The van der Waals surface area contributed by atoms with E-state index >= 15 is 0 Å². The van der Waals surface area contributed by atoms with Gasteiger partial charge in [0.25, 0.3) is 0 Å². The van der Waals surface area contributed by atoms with Crippen LogP contribution in [0.15, 0.2) is 61.1 Å². The van der Waals surface area contributed by atoms with Crippen LogP contribution in [0.5, 0.6) is 0 Å². The first-order chi connectivity index (χ1) is 20.4. The number of carbonyl (C=O) groups excluding carboxylic acids is 2. The summed E-state index contributed by atoms with van der Waals surface area (Å²) in [5.41, 5.74) is 2.44. The van der Waals surface area contributed by atoms with Crippen molar-refractivity contribution in [2.24, 2.45) is 5.92 Å². The van der Waals surface area contributed by atoms with Crippen LogP contribution in [0.25, 0.3) is 5.65 Å². The van der Waals surface area contributed by atoms with Gasteiger partial charge < -0.3 is 14.5 Å². The first kappa shape index (κ1) is 28.2. The number of hydrogen-bond donors (Lipinski definition) is 0. The fourth-order valence-electron chi connectivity index (χ4n) is 5.98. The molecule has 42 heavy (non-hydrogen) atoms.